The van der Waals surface area contributed by atoms with Gasteiger partial charge in [0.1, 0.15) is 0 Å². The molecule has 15 heavy (non-hydrogen) atoms. The van der Waals surface area contributed by atoms with Crippen LogP contribution in [0.2, 0.25) is 0 Å². The maximum atomic E-state index is 11.7. The van der Waals surface area contributed by atoms with Gasteiger partial charge in [0.25, 0.3) is 0 Å². The van der Waals surface area contributed by atoms with Gasteiger partial charge in [0.15, 0.2) is 5.78 Å². The van der Waals surface area contributed by atoms with Gasteiger partial charge in [0, 0.05) is 6.42 Å². The van der Waals surface area contributed by atoms with Gasteiger partial charge in [-0.2, -0.15) is 0 Å². The van der Waals surface area contributed by atoms with E-state index in [9.17, 15) is 4.79 Å². The fourth-order valence-electron chi connectivity index (χ4n) is 2.48. The van der Waals surface area contributed by atoms with Gasteiger partial charge in [-0.3, -0.25) is 4.79 Å². The number of allylic oxidation sites excluding steroid dienone is 2. The summed E-state index contributed by atoms with van der Waals surface area (Å²) in [6.07, 6.45) is 0.642. The van der Waals surface area contributed by atoms with Crippen LogP contribution in [0.5, 0.6) is 0 Å². The highest BCUT2D eigenvalue weighted by Crippen LogP contribution is 2.45. The van der Waals surface area contributed by atoms with E-state index in [1.165, 1.54) is 11.1 Å². The standard InChI is InChI=1S/C14H16O/c1-10-12(15)9-14(2,3)13(10)11-7-5-4-6-8-11/h4-8H,9H2,1-3H3. The van der Waals surface area contributed by atoms with Gasteiger partial charge in [-0.25, -0.2) is 0 Å². The molecule has 0 unspecified atom stereocenters. The maximum absolute atomic E-state index is 11.7. The van der Waals surface area contributed by atoms with Crippen LogP contribution in [-0.2, 0) is 4.79 Å². The monoisotopic (exact) mass is 200 g/mol. The van der Waals surface area contributed by atoms with E-state index in [-0.39, 0.29) is 5.41 Å². The van der Waals surface area contributed by atoms with Crippen LogP contribution in [0.25, 0.3) is 5.57 Å². The molecule has 0 bridgehead atoms. The quantitative estimate of drug-likeness (QED) is 0.678. The number of hydrogen-bond donors (Lipinski definition) is 0. The lowest BCUT2D eigenvalue weighted by atomic mass is 9.81. The molecule has 0 atom stereocenters. The van der Waals surface area contributed by atoms with Crippen LogP contribution >= 0.6 is 0 Å². The third kappa shape index (κ3) is 1.63. The van der Waals surface area contributed by atoms with Gasteiger partial charge in [-0.05, 0) is 29.0 Å². The number of ketones is 1. The average Bonchev–Trinajstić information content (AvgIpc) is 2.37. The van der Waals surface area contributed by atoms with Crippen molar-refractivity contribution in [3.05, 3.63) is 41.5 Å². The van der Waals surface area contributed by atoms with Gasteiger partial charge in [0.05, 0.1) is 0 Å². The van der Waals surface area contributed by atoms with Crippen LogP contribution in [0.1, 0.15) is 32.8 Å². The van der Waals surface area contributed by atoms with E-state index >= 15 is 0 Å². The van der Waals surface area contributed by atoms with Crippen molar-refractivity contribution >= 4 is 11.4 Å². The number of carbonyl (C=O) groups excluding carboxylic acids is 1. The maximum Gasteiger partial charge on any atom is 0.159 e. The molecule has 0 spiro atoms. The second-order valence-corrected chi connectivity index (χ2v) is 4.85. The summed E-state index contributed by atoms with van der Waals surface area (Å²) < 4.78 is 0. The zero-order valence-electron chi connectivity index (χ0n) is 9.50. The van der Waals surface area contributed by atoms with Gasteiger partial charge >= 0.3 is 0 Å². The van der Waals surface area contributed by atoms with Gasteiger partial charge in [-0.1, -0.05) is 44.2 Å². The van der Waals surface area contributed by atoms with E-state index in [4.69, 9.17) is 0 Å². The second kappa shape index (κ2) is 3.34. The lowest BCUT2D eigenvalue weighted by Crippen LogP contribution is -2.10. The van der Waals surface area contributed by atoms with Crippen LogP contribution in [0.4, 0.5) is 0 Å². The minimum atomic E-state index is -0.0114. The fourth-order valence-corrected chi connectivity index (χ4v) is 2.48. The lowest BCUT2D eigenvalue weighted by Gasteiger charge is -2.22. The van der Waals surface area contributed by atoms with Gasteiger partial charge in [0.2, 0.25) is 0 Å². The predicted molar refractivity (Wildman–Crippen MR) is 62.4 cm³/mol. The molecular weight excluding hydrogens is 184 g/mol. The van der Waals surface area contributed by atoms with E-state index in [0.717, 1.165) is 5.57 Å². The predicted octanol–water partition coefficient (Wildman–Crippen LogP) is 3.46. The lowest BCUT2D eigenvalue weighted by molar-refractivity contribution is -0.115. The Hall–Kier alpha value is -1.37. The molecule has 0 saturated carbocycles. The summed E-state index contributed by atoms with van der Waals surface area (Å²) in [5.74, 6) is 0.291. The number of carbonyl (C=O) groups is 1. The molecule has 1 aliphatic carbocycles. The van der Waals surface area contributed by atoms with Crippen LogP contribution in [0, 0.1) is 5.41 Å². The van der Waals surface area contributed by atoms with Crippen LogP contribution < -0.4 is 0 Å². The largest absolute Gasteiger partial charge is 0.295 e. The Morgan fingerprint density at radius 2 is 1.73 bits per heavy atom. The van der Waals surface area contributed by atoms with Crippen molar-refractivity contribution in [1.29, 1.82) is 0 Å². The summed E-state index contributed by atoms with van der Waals surface area (Å²) in [7, 11) is 0. The highest BCUT2D eigenvalue weighted by atomic mass is 16.1. The molecule has 0 aliphatic heterocycles. The summed E-state index contributed by atoms with van der Waals surface area (Å²) in [6.45, 7) is 6.23. The number of rotatable bonds is 1. The summed E-state index contributed by atoms with van der Waals surface area (Å²) >= 11 is 0. The molecule has 1 aromatic carbocycles. The molecule has 78 valence electrons. The Labute approximate surface area is 90.8 Å². The van der Waals surface area contributed by atoms with Crippen molar-refractivity contribution in [3.8, 4) is 0 Å². The highest BCUT2D eigenvalue weighted by molar-refractivity contribution is 6.08. The molecule has 1 aliphatic rings. The molecular formula is C14H16O. The first-order valence-electron chi connectivity index (χ1n) is 5.32. The van der Waals surface area contributed by atoms with Crippen LogP contribution in [0.15, 0.2) is 35.9 Å². The van der Waals surface area contributed by atoms with E-state index in [0.29, 0.717) is 12.2 Å². The molecule has 0 N–H and O–H groups in total. The molecule has 0 saturated heterocycles. The van der Waals surface area contributed by atoms with E-state index in [1.54, 1.807) is 0 Å². The zero-order valence-corrected chi connectivity index (χ0v) is 9.50. The van der Waals surface area contributed by atoms with Crippen molar-refractivity contribution < 1.29 is 4.79 Å². The molecule has 1 aromatic rings. The Bertz CT molecular complexity index is 424. The highest BCUT2D eigenvalue weighted by Gasteiger charge is 2.36. The van der Waals surface area contributed by atoms with Crippen LogP contribution in [-0.4, -0.2) is 5.78 Å². The van der Waals surface area contributed by atoms with Crippen molar-refractivity contribution in [3.63, 3.8) is 0 Å². The first kappa shape index (κ1) is 10.2. The fraction of sp³-hybridized carbons (Fsp3) is 0.357. The molecule has 0 amide bonds. The summed E-state index contributed by atoms with van der Waals surface area (Å²) in [6, 6.07) is 10.2. The normalized spacial score (nSPS) is 19.8. The van der Waals surface area contributed by atoms with Gasteiger partial charge < -0.3 is 0 Å². The molecule has 1 nitrogen and oxygen atoms in total. The SMILES string of the molecule is CC1=C(c2ccccc2)C(C)(C)CC1=O. The number of hydrogen-bond acceptors (Lipinski definition) is 1. The van der Waals surface area contributed by atoms with Crippen molar-refractivity contribution in [2.45, 2.75) is 27.2 Å². The molecule has 0 fully saturated rings. The Kier molecular flexibility index (Phi) is 2.26. The van der Waals surface area contributed by atoms with Crippen molar-refractivity contribution in [2.75, 3.05) is 0 Å². The first-order valence-corrected chi connectivity index (χ1v) is 5.32. The molecule has 1 heteroatoms. The van der Waals surface area contributed by atoms with E-state index in [1.807, 2.05) is 25.1 Å². The first-order chi connectivity index (χ1) is 7.02. The Morgan fingerprint density at radius 1 is 1.13 bits per heavy atom. The topological polar surface area (TPSA) is 17.1 Å². The third-order valence-electron chi connectivity index (χ3n) is 3.13. The average molecular weight is 200 g/mol. The summed E-state index contributed by atoms with van der Waals surface area (Å²) in [5, 5.41) is 0. The number of Topliss-reactive ketones (excluding diaryl/α,β-unsaturated/α-hetero) is 1. The van der Waals surface area contributed by atoms with Crippen molar-refractivity contribution in [1.82, 2.24) is 0 Å². The van der Waals surface area contributed by atoms with E-state index < -0.39 is 0 Å². The zero-order chi connectivity index (χ0) is 11.1. The number of benzene rings is 1. The summed E-state index contributed by atoms with van der Waals surface area (Å²) in [4.78, 5) is 11.7. The molecule has 0 aromatic heterocycles. The summed E-state index contributed by atoms with van der Waals surface area (Å²) in [5.41, 5.74) is 3.33. The van der Waals surface area contributed by atoms with Gasteiger partial charge in [-0.15, -0.1) is 0 Å². The molecule has 0 heterocycles. The third-order valence-corrected chi connectivity index (χ3v) is 3.13. The molecule has 0 radical (unpaired) electrons. The Morgan fingerprint density at radius 3 is 2.20 bits per heavy atom. The minimum absolute atomic E-state index is 0.0114. The Balaban J connectivity index is 2.57. The second-order valence-electron chi connectivity index (χ2n) is 4.85. The molecule has 2 rings (SSSR count). The van der Waals surface area contributed by atoms with E-state index in [2.05, 4.69) is 26.0 Å². The smallest absolute Gasteiger partial charge is 0.159 e. The van der Waals surface area contributed by atoms with Crippen LogP contribution in [0.3, 0.4) is 0 Å². The minimum Gasteiger partial charge on any atom is -0.295 e. The van der Waals surface area contributed by atoms with Crippen molar-refractivity contribution in [2.24, 2.45) is 5.41 Å².